The molecule has 0 aliphatic heterocycles. The summed E-state index contributed by atoms with van der Waals surface area (Å²) in [6.45, 7) is 1.31. The summed E-state index contributed by atoms with van der Waals surface area (Å²) >= 11 is 0. The minimum atomic E-state index is -0.602. The summed E-state index contributed by atoms with van der Waals surface area (Å²) in [5.41, 5.74) is 3.18. The Morgan fingerprint density at radius 1 is 0.971 bits per heavy atom. The van der Waals surface area contributed by atoms with Gasteiger partial charge in [0.25, 0.3) is 5.91 Å². The van der Waals surface area contributed by atoms with Crippen molar-refractivity contribution in [1.29, 1.82) is 0 Å². The molecule has 1 aromatic heterocycles. The van der Waals surface area contributed by atoms with Gasteiger partial charge in [-0.2, -0.15) is 9.78 Å². The number of carbonyl (C=O) groups is 2. The zero-order chi connectivity index (χ0) is 24.5. The highest BCUT2D eigenvalue weighted by molar-refractivity contribution is 6.04. The summed E-state index contributed by atoms with van der Waals surface area (Å²) in [5, 5.41) is 7.42. The van der Waals surface area contributed by atoms with E-state index < -0.39 is 17.7 Å². The van der Waals surface area contributed by atoms with Gasteiger partial charge in [0.05, 0.1) is 22.5 Å². The standard InChI is InChI=1S/C27H21F2N3O3/c1-16(33)35-27-24(25(18-6-7-18)31-32(27)21-14-10-19(28)11-15-21)17-8-12-20(13-9-17)30-26(34)22-4-2-3-5-23(22)29/h2-5,8-15,18H,6-7H2,1H3,(H,30,34). The molecule has 6 nitrogen and oxygen atoms in total. The summed E-state index contributed by atoms with van der Waals surface area (Å²) in [4.78, 5) is 24.4. The zero-order valence-electron chi connectivity index (χ0n) is 18.8. The van der Waals surface area contributed by atoms with E-state index in [4.69, 9.17) is 9.84 Å². The fourth-order valence-electron chi connectivity index (χ4n) is 3.88. The molecule has 1 fully saturated rings. The van der Waals surface area contributed by atoms with Gasteiger partial charge in [-0.3, -0.25) is 9.59 Å². The van der Waals surface area contributed by atoms with Crippen LogP contribution >= 0.6 is 0 Å². The Hall–Kier alpha value is -4.33. The molecular formula is C27H21F2N3O3. The predicted octanol–water partition coefficient (Wildman–Crippen LogP) is 5.87. The van der Waals surface area contributed by atoms with E-state index in [0.29, 0.717) is 16.9 Å². The minimum absolute atomic E-state index is 0.0506. The fourth-order valence-corrected chi connectivity index (χ4v) is 3.88. The lowest BCUT2D eigenvalue weighted by molar-refractivity contribution is -0.132. The summed E-state index contributed by atoms with van der Waals surface area (Å²) in [6.07, 6.45) is 1.92. The maximum Gasteiger partial charge on any atom is 0.309 e. The van der Waals surface area contributed by atoms with Gasteiger partial charge < -0.3 is 10.1 Å². The quantitative estimate of drug-likeness (QED) is 0.356. The Bertz CT molecular complexity index is 1410. The molecule has 1 aliphatic rings. The van der Waals surface area contributed by atoms with E-state index in [1.165, 1.54) is 41.9 Å². The van der Waals surface area contributed by atoms with Crippen molar-refractivity contribution in [1.82, 2.24) is 9.78 Å². The van der Waals surface area contributed by atoms with Crippen LogP contribution in [-0.2, 0) is 4.79 Å². The van der Waals surface area contributed by atoms with Crippen LogP contribution in [0.4, 0.5) is 14.5 Å². The van der Waals surface area contributed by atoms with Crippen molar-refractivity contribution in [3.8, 4) is 22.7 Å². The third kappa shape index (κ3) is 4.68. The van der Waals surface area contributed by atoms with E-state index >= 15 is 0 Å². The van der Waals surface area contributed by atoms with Gasteiger partial charge in [0.2, 0.25) is 5.88 Å². The van der Waals surface area contributed by atoms with E-state index in [2.05, 4.69) is 5.32 Å². The third-order valence-electron chi connectivity index (χ3n) is 5.70. The Labute approximate surface area is 200 Å². The first-order chi connectivity index (χ1) is 16.9. The number of ether oxygens (including phenoxy) is 1. The van der Waals surface area contributed by atoms with Gasteiger partial charge in [-0.1, -0.05) is 24.3 Å². The van der Waals surface area contributed by atoms with E-state index in [1.807, 2.05) is 0 Å². The fraction of sp³-hybridized carbons (Fsp3) is 0.148. The van der Waals surface area contributed by atoms with Crippen LogP contribution in [0, 0.1) is 11.6 Å². The molecule has 3 aromatic carbocycles. The molecule has 1 saturated carbocycles. The highest BCUT2D eigenvalue weighted by atomic mass is 19.1. The van der Waals surface area contributed by atoms with Crippen molar-refractivity contribution in [3.63, 3.8) is 0 Å². The molecule has 176 valence electrons. The highest BCUT2D eigenvalue weighted by Crippen LogP contribution is 2.48. The lowest BCUT2D eigenvalue weighted by Gasteiger charge is -2.10. The number of hydrogen-bond donors (Lipinski definition) is 1. The zero-order valence-corrected chi connectivity index (χ0v) is 18.8. The van der Waals surface area contributed by atoms with Crippen molar-refractivity contribution < 1.29 is 23.1 Å². The number of amides is 1. The molecule has 0 atom stereocenters. The van der Waals surface area contributed by atoms with Crippen molar-refractivity contribution in [2.75, 3.05) is 5.32 Å². The second kappa shape index (κ2) is 9.13. The Morgan fingerprint density at radius 2 is 1.66 bits per heavy atom. The van der Waals surface area contributed by atoms with Gasteiger partial charge in [0, 0.05) is 18.5 Å². The van der Waals surface area contributed by atoms with Gasteiger partial charge in [0.15, 0.2) is 0 Å². The number of nitrogens with one attached hydrogen (secondary N) is 1. The van der Waals surface area contributed by atoms with Crippen LogP contribution in [0.3, 0.4) is 0 Å². The number of esters is 1. The van der Waals surface area contributed by atoms with Crippen LogP contribution in [0.25, 0.3) is 16.8 Å². The molecule has 35 heavy (non-hydrogen) atoms. The number of carbonyl (C=O) groups excluding carboxylic acids is 2. The van der Waals surface area contributed by atoms with Crippen molar-refractivity contribution in [2.24, 2.45) is 0 Å². The van der Waals surface area contributed by atoms with E-state index in [9.17, 15) is 18.4 Å². The lowest BCUT2D eigenvalue weighted by Crippen LogP contribution is -2.13. The van der Waals surface area contributed by atoms with Gasteiger partial charge >= 0.3 is 5.97 Å². The maximum absolute atomic E-state index is 13.9. The Morgan fingerprint density at radius 3 is 2.29 bits per heavy atom. The van der Waals surface area contributed by atoms with E-state index in [1.54, 1.807) is 42.5 Å². The number of hydrogen-bond acceptors (Lipinski definition) is 4. The number of nitrogens with zero attached hydrogens (tertiary/aromatic N) is 2. The Balaban J connectivity index is 1.52. The minimum Gasteiger partial charge on any atom is -0.407 e. The molecule has 1 aliphatic carbocycles. The molecule has 1 amide bonds. The molecule has 1 heterocycles. The SMILES string of the molecule is CC(=O)Oc1c(-c2ccc(NC(=O)c3ccccc3F)cc2)c(C2CC2)nn1-c1ccc(F)cc1. The van der Waals surface area contributed by atoms with Crippen molar-refractivity contribution in [3.05, 3.63) is 95.7 Å². The molecule has 1 N–H and O–H groups in total. The first-order valence-electron chi connectivity index (χ1n) is 11.1. The van der Waals surface area contributed by atoms with Crippen LogP contribution in [0.5, 0.6) is 5.88 Å². The number of halogens is 2. The third-order valence-corrected chi connectivity index (χ3v) is 5.70. The lowest BCUT2D eigenvalue weighted by atomic mass is 10.0. The average molecular weight is 473 g/mol. The van der Waals surface area contributed by atoms with Gasteiger partial charge in [-0.15, -0.1) is 0 Å². The normalized spacial score (nSPS) is 12.9. The maximum atomic E-state index is 13.9. The number of aromatic nitrogens is 2. The van der Waals surface area contributed by atoms with Crippen LogP contribution in [-0.4, -0.2) is 21.7 Å². The smallest absolute Gasteiger partial charge is 0.309 e. The molecule has 0 spiro atoms. The summed E-state index contributed by atoms with van der Waals surface area (Å²) in [6, 6.07) is 18.5. The molecule has 8 heteroatoms. The van der Waals surface area contributed by atoms with Crippen molar-refractivity contribution >= 4 is 17.6 Å². The van der Waals surface area contributed by atoms with Crippen LogP contribution in [0.2, 0.25) is 0 Å². The van der Waals surface area contributed by atoms with Crippen LogP contribution in [0.1, 0.15) is 41.7 Å². The summed E-state index contributed by atoms with van der Waals surface area (Å²) < 4.78 is 34.5. The molecule has 4 aromatic rings. The molecule has 5 rings (SSSR count). The predicted molar refractivity (Wildman–Crippen MR) is 127 cm³/mol. The van der Waals surface area contributed by atoms with Gasteiger partial charge in [-0.05, 0) is 66.9 Å². The average Bonchev–Trinajstić information content (AvgIpc) is 3.62. The molecule has 0 saturated heterocycles. The first kappa shape index (κ1) is 22.5. The van der Waals surface area contributed by atoms with Gasteiger partial charge in [0.1, 0.15) is 11.6 Å². The van der Waals surface area contributed by atoms with E-state index in [0.717, 1.165) is 24.1 Å². The largest absolute Gasteiger partial charge is 0.407 e. The highest BCUT2D eigenvalue weighted by Gasteiger charge is 2.34. The number of benzene rings is 3. The van der Waals surface area contributed by atoms with Gasteiger partial charge in [-0.25, -0.2) is 8.78 Å². The molecule has 0 unspecified atom stereocenters. The molecule has 0 radical (unpaired) electrons. The number of rotatable bonds is 6. The van der Waals surface area contributed by atoms with Crippen LogP contribution in [0.15, 0.2) is 72.8 Å². The second-order valence-electron chi connectivity index (χ2n) is 8.33. The summed E-state index contributed by atoms with van der Waals surface area (Å²) in [7, 11) is 0. The number of anilines is 1. The monoisotopic (exact) mass is 473 g/mol. The van der Waals surface area contributed by atoms with Crippen LogP contribution < -0.4 is 10.1 Å². The summed E-state index contributed by atoms with van der Waals surface area (Å²) in [5.74, 6) is -1.58. The second-order valence-corrected chi connectivity index (χ2v) is 8.33. The van der Waals surface area contributed by atoms with E-state index in [-0.39, 0.29) is 23.2 Å². The first-order valence-corrected chi connectivity index (χ1v) is 11.1. The topological polar surface area (TPSA) is 73.2 Å². The Kier molecular flexibility index (Phi) is 5.86. The molecular weight excluding hydrogens is 452 g/mol. The van der Waals surface area contributed by atoms with Crippen molar-refractivity contribution in [2.45, 2.75) is 25.7 Å². The molecule has 0 bridgehead atoms.